The molecule has 0 spiro atoms. The van der Waals surface area contributed by atoms with Crippen molar-refractivity contribution < 1.29 is 13.6 Å². The van der Waals surface area contributed by atoms with Crippen molar-refractivity contribution in [2.75, 3.05) is 6.54 Å². The Bertz CT molecular complexity index is 406. The quantitative estimate of drug-likeness (QED) is 0.805. The highest BCUT2D eigenvalue weighted by Crippen LogP contribution is 2.19. The minimum Gasteiger partial charge on any atom is -0.390 e. The van der Waals surface area contributed by atoms with Gasteiger partial charge in [-0.15, -0.1) is 0 Å². The van der Waals surface area contributed by atoms with Crippen LogP contribution in [0.2, 0.25) is 0 Å². The minimum absolute atomic E-state index is 0.204. The molecule has 0 saturated heterocycles. The van der Waals surface area contributed by atoms with E-state index in [9.17, 15) is 8.78 Å². The lowest BCUT2D eigenvalue weighted by Crippen LogP contribution is -2.20. The molecule has 0 aromatic heterocycles. The Labute approximate surface area is 85.5 Å². The number of oxime groups is 1. The van der Waals surface area contributed by atoms with Crippen molar-refractivity contribution in [1.82, 2.24) is 0 Å². The number of halogens is 2. The molecule has 1 heterocycles. The fourth-order valence-corrected chi connectivity index (χ4v) is 1.44. The van der Waals surface area contributed by atoms with Gasteiger partial charge in [-0.05, 0) is 12.1 Å². The van der Waals surface area contributed by atoms with E-state index in [-0.39, 0.29) is 11.7 Å². The normalized spacial score (nSPS) is 19.9. The summed E-state index contributed by atoms with van der Waals surface area (Å²) in [6.07, 6.45) is 0.253. The second-order valence-corrected chi connectivity index (χ2v) is 3.33. The van der Waals surface area contributed by atoms with E-state index in [1.54, 1.807) is 0 Å². The first-order valence-corrected chi connectivity index (χ1v) is 4.59. The highest BCUT2D eigenvalue weighted by molar-refractivity contribution is 6.01. The van der Waals surface area contributed by atoms with Gasteiger partial charge in [0.15, 0.2) is 0 Å². The molecule has 1 aliphatic rings. The third kappa shape index (κ3) is 1.97. The van der Waals surface area contributed by atoms with Crippen LogP contribution in [0.5, 0.6) is 0 Å². The number of rotatable bonds is 2. The third-order valence-electron chi connectivity index (χ3n) is 2.24. The Morgan fingerprint density at radius 2 is 2.27 bits per heavy atom. The van der Waals surface area contributed by atoms with Crippen molar-refractivity contribution in [3.8, 4) is 0 Å². The molecule has 3 nitrogen and oxygen atoms in total. The standard InChI is InChI=1S/C10H10F2N2O/c11-6-1-2-8(9(12)3-6)10-4-7(5-13)15-14-10/h1-3,7H,4-5,13H2. The predicted molar refractivity (Wildman–Crippen MR) is 51.4 cm³/mol. The van der Waals surface area contributed by atoms with E-state index in [1.807, 2.05) is 0 Å². The summed E-state index contributed by atoms with van der Waals surface area (Å²) in [5.41, 5.74) is 6.13. The molecule has 0 amide bonds. The molecule has 0 bridgehead atoms. The molecule has 0 saturated carbocycles. The lowest BCUT2D eigenvalue weighted by Gasteiger charge is -2.03. The second kappa shape index (κ2) is 3.94. The van der Waals surface area contributed by atoms with Crippen LogP contribution in [0.25, 0.3) is 0 Å². The molecule has 5 heteroatoms. The summed E-state index contributed by atoms with van der Waals surface area (Å²) in [6.45, 7) is 0.329. The van der Waals surface area contributed by atoms with Gasteiger partial charge in [-0.3, -0.25) is 0 Å². The number of hydrogen-bond donors (Lipinski definition) is 1. The third-order valence-corrected chi connectivity index (χ3v) is 2.24. The average molecular weight is 212 g/mol. The predicted octanol–water partition coefficient (Wildman–Crippen LogP) is 1.42. The first-order chi connectivity index (χ1) is 7.20. The summed E-state index contributed by atoms with van der Waals surface area (Å²) in [5, 5.41) is 3.72. The summed E-state index contributed by atoms with van der Waals surface area (Å²) >= 11 is 0. The minimum atomic E-state index is -0.630. The first kappa shape index (κ1) is 10.0. The van der Waals surface area contributed by atoms with Gasteiger partial charge in [0.2, 0.25) is 0 Å². The Balaban J connectivity index is 2.24. The maximum atomic E-state index is 13.3. The van der Waals surface area contributed by atoms with Crippen molar-refractivity contribution in [1.29, 1.82) is 0 Å². The van der Waals surface area contributed by atoms with Gasteiger partial charge in [0.25, 0.3) is 0 Å². The van der Waals surface area contributed by atoms with Gasteiger partial charge in [0, 0.05) is 24.6 Å². The molecule has 1 aliphatic heterocycles. The molecule has 1 aromatic carbocycles. The summed E-state index contributed by atoms with van der Waals surface area (Å²) < 4.78 is 26.0. The van der Waals surface area contributed by atoms with Crippen LogP contribution in [-0.2, 0) is 4.84 Å². The fourth-order valence-electron chi connectivity index (χ4n) is 1.44. The Morgan fingerprint density at radius 3 is 2.87 bits per heavy atom. The topological polar surface area (TPSA) is 47.6 Å². The number of benzene rings is 1. The molecule has 1 unspecified atom stereocenters. The van der Waals surface area contributed by atoms with Gasteiger partial charge in [-0.2, -0.15) is 0 Å². The zero-order valence-electron chi connectivity index (χ0n) is 7.91. The van der Waals surface area contributed by atoms with Crippen LogP contribution in [0.4, 0.5) is 8.78 Å². The SMILES string of the molecule is NCC1CC(c2ccc(F)cc2F)=NO1. The fraction of sp³-hybridized carbons (Fsp3) is 0.300. The van der Waals surface area contributed by atoms with Crippen molar-refractivity contribution in [3.63, 3.8) is 0 Å². The highest BCUT2D eigenvalue weighted by Gasteiger charge is 2.22. The number of hydrogen-bond acceptors (Lipinski definition) is 3. The Hall–Kier alpha value is -1.49. The molecule has 15 heavy (non-hydrogen) atoms. The Kier molecular flexibility index (Phi) is 2.64. The van der Waals surface area contributed by atoms with E-state index in [2.05, 4.69) is 5.16 Å². The van der Waals surface area contributed by atoms with Crippen LogP contribution in [-0.4, -0.2) is 18.4 Å². The van der Waals surface area contributed by atoms with Crippen LogP contribution in [0.15, 0.2) is 23.4 Å². The Morgan fingerprint density at radius 1 is 1.47 bits per heavy atom. The molecule has 0 fully saturated rings. The van der Waals surface area contributed by atoms with Crippen molar-refractivity contribution in [3.05, 3.63) is 35.4 Å². The molecule has 80 valence electrons. The zero-order valence-corrected chi connectivity index (χ0v) is 7.91. The highest BCUT2D eigenvalue weighted by atomic mass is 19.1. The largest absolute Gasteiger partial charge is 0.390 e. The van der Waals surface area contributed by atoms with Crippen LogP contribution < -0.4 is 5.73 Å². The van der Waals surface area contributed by atoms with E-state index < -0.39 is 11.6 Å². The zero-order chi connectivity index (χ0) is 10.8. The molecule has 0 radical (unpaired) electrons. The van der Waals surface area contributed by atoms with Gasteiger partial charge in [-0.25, -0.2) is 8.78 Å². The van der Waals surface area contributed by atoms with Crippen molar-refractivity contribution in [2.45, 2.75) is 12.5 Å². The van der Waals surface area contributed by atoms with E-state index >= 15 is 0 Å². The van der Waals surface area contributed by atoms with Crippen LogP contribution in [0.3, 0.4) is 0 Å². The van der Waals surface area contributed by atoms with Gasteiger partial charge < -0.3 is 10.6 Å². The maximum Gasteiger partial charge on any atom is 0.145 e. The van der Waals surface area contributed by atoms with Crippen molar-refractivity contribution >= 4 is 5.71 Å². The maximum absolute atomic E-state index is 13.3. The lowest BCUT2D eigenvalue weighted by atomic mass is 10.0. The van der Waals surface area contributed by atoms with Crippen LogP contribution >= 0.6 is 0 Å². The molecular weight excluding hydrogens is 202 g/mol. The monoisotopic (exact) mass is 212 g/mol. The molecular formula is C10H10F2N2O. The summed E-state index contributed by atoms with van der Waals surface area (Å²) in [5.74, 6) is -1.24. The smallest absolute Gasteiger partial charge is 0.145 e. The molecule has 2 rings (SSSR count). The molecule has 1 atom stereocenters. The lowest BCUT2D eigenvalue weighted by molar-refractivity contribution is 0.0918. The van der Waals surface area contributed by atoms with Gasteiger partial charge in [-0.1, -0.05) is 5.16 Å². The van der Waals surface area contributed by atoms with E-state index in [4.69, 9.17) is 10.6 Å². The van der Waals surface area contributed by atoms with E-state index in [0.717, 1.165) is 6.07 Å². The van der Waals surface area contributed by atoms with Crippen molar-refractivity contribution in [2.24, 2.45) is 10.9 Å². The average Bonchev–Trinajstić information content (AvgIpc) is 2.66. The van der Waals surface area contributed by atoms with Crippen LogP contribution in [0.1, 0.15) is 12.0 Å². The summed E-state index contributed by atoms with van der Waals surface area (Å²) in [4.78, 5) is 4.96. The molecule has 0 aliphatic carbocycles. The number of nitrogens with two attached hydrogens (primary N) is 1. The van der Waals surface area contributed by atoms with Gasteiger partial charge in [0.1, 0.15) is 17.7 Å². The van der Waals surface area contributed by atoms with Gasteiger partial charge >= 0.3 is 0 Å². The van der Waals surface area contributed by atoms with E-state index in [1.165, 1.54) is 12.1 Å². The number of nitrogens with zero attached hydrogens (tertiary/aromatic N) is 1. The first-order valence-electron chi connectivity index (χ1n) is 4.59. The van der Waals surface area contributed by atoms with Crippen LogP contribution in [0, 0.1) is 11.6 Å². The van der Waals surface area contributed by atoms with Gasteiger partial charge in [0.05, 0.1) is 5.71 Å². The molecule has 1 aromatic rings. The summed E-state index contributed by atoms with van der Waals surface area (Å²) in [7, 11) is 0. The van der Waals surface area contributed by atoms with E-state index in [0.29, 0.717) is 18.7 Å². The second-order valence-electron chi connectivity index (χ2n) is 3.33. The summed E-state index contributed by atoms with van der Waals surface area (Å²) in [6, 6.07) is 3.37. The molecule has 2 N–H and O–H groups in total.